The molecule has 0 aliphatic carbocycles. The zero-order chi connectivity index (χ0) is 14.7. The zero-order valence-corrected chi connectivity index (χ0v) is 12.7. The predicted molar refractivity (Wildman–Crippen MR) is 83.3 cm³/mol. The second-order valence-electron chi connectivity index (χ2n) is 4.57. The Labute approximate surface area is 126 Å². The fourth-order valence-corrected chi connectivity index (χ4v) is 3.22. The topological polar surface area (TPSA) is 50.2 Å². The molecule has 0 fully saturated rings. The van der Waals surface area contributed by atoms with Crippen molar-refractivity contribution in [2.45, 2.75) is 19.8 Å². The van der Waals surface area contributed by atoms with E-state index in [4.69, 9.17) is 16.7 Å². The molecule has 1 aromatic carbocycles. The predicted octanol–water partition coefficient (Wildman–Crippen LogP) is 4.68. The molecular weight excluding hydrogens is 294 g/mol. The van der Waals surface area contributed by atoms with Crippen LogP contribution in [0.4, 0.5) is 0 Å². The maximum absolute atomic E-state index is 10.7. The van der Waals surface area contributed by atoms with Gasteiger partial charge >= 0.3 is 5.97 Å². The Morgan fingerprint density at radius 1 is 1.40 bits per heavy atom. The summed E-state index contributed by atoms with van der Waals surface area (Å²) in [7, 11) is 0. The van der Waals surface area contributed by atoms with E-state index in [1.165, 1.54) is 11.3 Å². The average Bonchev–Trinajstić information content (AvgIpc) is 2.81. The lowest BCUT2D eigenvalue weighted by atomic mass is 10.1. The Morgan fingerprint density at radius 3 is 2.70 bits per heavy atom. The number of hydrogen-bond donors (Lipinski definition) is 1. The number of halogens is 1. The Bertz CT molecular complexity index is 662. The van der Waals surface area contributed by atoms with Gasteiger partial charge in [-0.2, -0.15) is 0 Å². The number of carboxylic acids is 1. The molecule has 0 aliphatic heterocycles. The van der Waals surface area contributed by atoms with Crippen LogP contribution in [0.5, 0.6) is 0 Å². The van der Waals surface area contributed by atoms with Crippen LogP contribution in [0.2, 0.25) is 5.02 Å². The van der Waals surface area contributed by atoms with Gasteiger partial charge in [0.05, 0.1) is 15.6 Å². The zero-order valence-electron chi connectivity index (χ0n) is 11.1. The molecule has 104 valence electrons. The van der Waals surface area contributed by atoms with Gasteiger partial charge in [0.15, 0.2) is 0 Å². The molecule has 0 saturated heterocycles. The van der Waals surface area contributed by atoms with E-state index < -0.39 is 5.97 Å². The first-order valence-electron chi connectivity index (χ1n) is 6.15. The Hall–Kier alpha value is -1.65. The summed E-state index contributed by atoms with van der Waals surface area (Å²) in [6, 6.07) is 7.51. The van der Waals surface area contributed by atoms with Crippen molar-refractivity contribution >= 4 is 35.0 Å². The number of aliphatic carboxylic acids is 1. The fourth-order valence-electron chi connectivity index (χ4n) is 1.77. The van der Waals surface area contributed by atoms with Gasteiger partial charge in [-0.25, -0.2) is 9.78 Å². The third kappa shape index (κ3) is 3.26. The minimum absolute atomic E-state index is 0.218. The molecule has 2 aromatic rings. The van der Waals surface area contributed by atoms with E-state index >= 15 is 0 Å². The molecule has 0 unspecified atom stereocenters. The summed E-state index contributed by atoms with van der Waals surface area (Å²) in [4.78, 5) is 16.1. The normalized spacial score (nSPS) is 11.4. The van der Waals surface area contributed by atoms with Crippen molar-refractivity contribution in [3.05, 3.63) is 45.9 Å². The van der Waals surface area contributed by atoms with E-state index in [1.807, 2.05) is 38.1 Å². The largest absolute Gasteiger partial charge is 0.478 e. The highest BCUT2D eigenvalue weighted by Crippen LogP contribution is 2.35. The lowest BCUT2D eigenvalue weighted by Gasteiger charge is -2.01. The van der Waals surface area contributed by atoms with E-state index in [1.54, 1.807) is 6.08 Å². The molecule has 1 N–H and O–H groups in total. The molecule has 0 atom stereocenters. The van der Waals surface area contributed by atoms with Gasteiger partial charge in [0.25, 0.3) is 0 Å². The van der Waals surface area contributed by atoms with Crippen molar-refractivity contribution < 1.29 is 9.90 Å². The minimum atomic E-state index is -0.965. The van der Waals surface area contributed by atoms with Crippen molar-refractivity contribution in [1.29, 1.82) is 0 Å². The smallest absolute Gasteiger partial charge is 0.328 e. The van der Waals surface area contributed by atoms with E-state index in [9.17, 15) is 4.79 Å². The van der Waals surface area contributed by atoms with Gasteiger partial charge in [-0.3, -0.25) is 0 Å². The standard InChI is InChI=1S/C15H14ClNO2S/c1-9(2)14-12(7-8-13(18)19)20-15(17-14)10-5-3-4-6-11(10)16/h3-9H,1-2H3,(H,18,19)/b8-7+. The van der Waals surface area contributed by atoms with Gasteiger partial charge in [0, 0.05) is 11.6 Å². The monoisotopic (exact) mass is 307 g/mol. The third-order valence-corrected chi connectivity index (χ3v) is 4.11. The van der Waals surface area contributed by atoms with Crippen LogP contribution in [0.25, 0.3) is 16.6 Å². The van der Waals surface area contributed by atoms with Gasteiger partial charge < -0.3 is 5.11 Å². The highest BCUT2D eigenvalue weighted by atomic mass is 35.5. The van der Waals surface area contributed by atoms with Crippen molar-refractivity contribution in [1.82, 2.24) is 4.98 Å². The fraction of sp³-hybridized carbons (Fsp3) is 0.200. The van der Waals surface area contributed by atoms with Crippen LogP contribution >= 0.6 is 22.9 Å². The minimum Gasteiger partial charge on any atom is -0.478 e. The third-order valence-electron chi connectivity index (χ3n) is 2.71. The molecule has 5 heteroatoms. The van der Waals surface area contributed by atoms with Gasteiger partial charge in [0.2, 0.25) is 0 Å². The van der Waals surface area contributed by atoms with Crippen LogP contribution in [0.3, 0.4) is 0 Å². The van der Waals surface area contributed by atoms with Crippen molar-refractivity contribution in [2.24, 2.45) is 0 Å². The van der Waals surface area contributed by atoms with Crippen LogP contribution in [0.15, 0.2) is 30.3 Å². The molecule has 0 radical (unpaired) electrons. The first-order valence-corrected chi connectivity index (χ1v) is 7.35. The van der Waals surface area contributed by atoms with Crippen molar-refractivity contribution in [2.75, 3.05) is 0 Å². The summed E-state index contributed by atoms with van der Waals surface area (Å²) in [6.45, 7) is 4.06. The van der Waals surface area contributed by atoms with Gasteiger partial charge in [-0.15, -0.1) is 11.3 Å². The second kappa shape index (κ2) is 6.20. The molecule has 20 heavy (non-hydrogen) atoms. The van der Waals surface area contributed by atoms with Crippen molar-refractivity contribution in [3.8, 4) is 10.6 Å². The Morgan fingerprint density at radius 2 is 2.10 bits per heavy atom. The number of rotatable bonds is 4. The summed E-state index contributed by atoms with van der Waals surface area (Å²) < 4.78 is 0. The Balaban J connectivity index is 2.50. The summed E-state index contributed by atoms with van der Waals surface area (Å²) in [5.74, 6) is -0.747. The summed E-state index contributed by atoms with van der Waals surface area (Å²) in [5.41, 5.74) is 1.76. The molecule has 1 aromatic heterocycles. The first-order chi connectivity index (χ1) is 9.49. The number of carboxylic acid groups (broad SMARTS) is 1. The van der Waals surface area contributed by atoms with Crippen LogP contribution in [0, 0.1) is 0 Å². The van der Waals surface area contributed by atoms with Crippen LogP contribution in [-0.2, 0) is 4.79 Å². The molecule has 1 heterocycles. The number of aromatic nitrogens is 1. The van der Waals surface area contributed by atoms with Crippen LogP contribution in [0.1, 0.15) is 30.3 Å². The lowest BCUT2D eigenvalue weighted by Crippen LogP contribution is -1.91. The van der Waals surface area contributed by atoms with E-state index in [2.05, 4.69) is 4.98 Å². The first kappa shape index (κ1) is 14.8. The lowest BCUT2D eigenvalue weighted by molar-refractivity contribution is -0.131. The Kier molecular flexibility index (Phi) is 4.57. The number of benzene rings is 1. The summed E-state index contributed by atoms with van der Waals surface area (Å²) in [5, 5.41) is 10.2. The summed E-state index contributed by atoms with van der Waals surface area (Å²) >= 11 is 7.63. The molecule has 0 saturated carbocycles. The van der Waals surface area contributed by atoms with Crippen LogP contribution in [-0.4, -0.2) is 16.1 Å². The van der Waals surface area contributed by atoms with Gasteiger partial charge in [0.1, 0.15) is 5.01 Å². The molecule has 0 amide bonds. The molecule has 2 rings (SSSR count). The number of nitrogens with zero attached hydrogens (tertiary/aromatic N) is 1. The van der Waals surface area contributed by atoms with Crippen molar-refractivity contribution in [3.63, 3.8) is 0 Å². The quantitative estimate of drug-likeness (QED) is 0.834. The van der Waals surface area contributed by atoms with E-state index in [0.717, 1.165) is 27.2 Å². The average molecular weight is 308 g/mol. The maximum atomic E-state index is 10.7. The number of carbonyl (C=O) groups is 1. The van der Waals surface area contributed by atoms with E-state index in [-0.39, 0.29) is 5.92 Å². The summed E-state index contributed by atoms with van der Waals surface area (Å²) in [6.07, 6.45) is 2.73. The second-order valence-corrected chi connectivity index (χ2v) is 6.01. The van der Waals surface area contributed by atoms with Crippen LogP contribution < -0.4 is 0 Å². The maximum Gasteiger partial charge on any atom is 0.328 e. The molecular formula is C15H14ClNO2S. The molecule has 0 bridgehead atoms. The van der Waals surface area contributed by atoms with Gasteiger partial charge in [-0.05, 0) is 18.1 Å². The highest BCUT2D eigenvalue weighted by Gasteiger charge is 2.15. The molecule has 0 aliphatic rings. The highest BCUT2D eigenvalue weighted by molar-refractivity contribution is 7.16. The SMILES string of the molecule is CC(C)c1nc(-c2ccccc2Cl)sc1/C=C/C(=O)O. The van der Waals surface area contributed by atoms with E-state index in [0.29, 0.717) is 5.02 Å². The number of hydrogen-bond acceptors (Lipinski definition) is 3. The number of thiazole rings is 1. The molecule has 0 spiro atoms. The van der Waals surface area contributed by atoms with Gasteiger partial charge in [-0.1, -0.05) is 43.6 Å². The molecule has 3 nitrogen and oxygen atoms in total.